The fourth-order valence-corrected chi connectivity index (χ4v) is 1.53. The monoisotopic (exact) mass is 244 g/mol. The third-order valence-corrected chi connectivity index (χ3v) is 2.44. The quantitative estimate of drug-likeness (QED) is 0.867. The van der Waals surface area contributed by atoms with Gasteiger partial charge in [-0.3, -0.25) is 0 Å². The summed E-state index contributed by atoms with van der Waals surface area (Å²) in [6.07, 6.45) is 0. The van der Waals surface area contributed by atoms with Crippen molar-refractivity contribution in [2.75, 3.05) is 0 Å². The van der Waals surface area contributed by atoms with Crippen molar-refractivity contribution in [3.8, 4) is 11.5 Å². The van der Waals surface area contributed by atoms with Crippen LogP contribution in [-0.4, -0.2) is 16.2 Å². The molecule has 0 unspecified atom stereocenters. The number of aromatic carboxylic acids is 1. The maximum Gasteiger partial charge on any atom is 0.339 e. The minimum Gasteiger partial charge on any atom is -0.507 e. The van der Waals surface area contributed by atoms with Gasteiger partial charge < -0.3 is 14.9 Å². The highest BCUT2D eigenvalue weighted by Crippen LogP contribution is 2.19. The maximum absolute atomic E-state index is 10.8. The van der Waals surface area contributed by atoms with Crippen molar-refractivity contribution in [2.24, 2.45) is 0 Å². The number of hydrogen-bond acceptors (Lipinski definition) is 3. The average molecular weight is 244 g/mol. The van der Waals surface area contributed by atoms with Gasteiger partial charge >= 0.3 is 5.97 Å². The van der Waals surface area contributed by atoms with E-state index >= 15 is 0 Å². The molecule has 0 aromatic heterocycles. The third-order valence-electron chi connectivity index (χ3n) is 2.44. The summed E-state index contributed by atoms with van der Waals surface area (Å²) in [4.78, 5) is 10.8. The Balaban J connectivity index is 2.11. The summed E-state index contributed by atoms with van der Waals surface area (Å²) in [5, 5.41) is 18.2. The average Bonchev–Trinajstić information content (AvgIpc) is 2.38. The lowest BCUT2D eigenvalue weighted by atomic mass is 10.1. The van der Waals surface area contributed by atoms with Crippen molar-refractivity contribution in [3.63, 3.8) is 0 Å². The van der Waals surface area contributed by atoms with E-state index < -0.39 is 5.97 Å². The zero-order chi connectivity index (χ0) is 13.0. The number of para-hydroxylation sites is 1. The maximum atomic E-state index is 10.8. The van der Waals surface area contributed by atoms with Gasteiger partial charge in [0.25, 0.3) is 0 Å². The molecule has 4 heteroatoms. The lowest BCUT2D eigenvalue weighted by Gasteiger charge is -2.07. The number of hydrogen-bond donors (Lipinski definition) is 2. The van der Waals surface area contributed by atoms with Crippen LogP contribution in [0.25, 0.3) is 0 Å². The molecule has 0 saturated heterocycles. The fourth-order valence-electron chi connectivity index (χ4n) is 1.53. The van der Waals surface area contributed by atoms with Crippen LogP contribution in [-0.2, 0) is 6.61 Å². The predicted molar refractivity (Wildman–Crippen MR) is 65.8 cm³/mol. The zero-order valence-electron chi connectivity index (χ0n) is 9.54. The van der Waals surface area contributed by atoms with Crippen molar-refractivity contribution in [3.05, 3.63) is 59.7 Å². The molecule has 0 atom stereocenters. The zero-order valence-corrected chi connectivity index (χ0v) is 9.54. The van der Waals surface area contributed by atoms with Gasteiger partial charge in [0.2, 0.25) is 0 Å². The molecule has 0 amide bonds. The van der Waals surface area contributed by atoms with Crippen molar-refractivity contribution in [2.45, 2.75) is 6.61 Å². The highest BCUT2D eigenvalue weighted by molar-refractivity contribution is 5.90. The first kappa shape index (κ1) is 12.0. The fraction of sp³-hybridized carbons (Fsp3) is 0.0714. The van der Waals surface area contributed by atoms with Crippen LogP contribution in [0.5, 0.6) is 11.5 Å². The summed E-state index contributed by atoms with van der Waals surface area (Å²) < 4.78 is 5.49. The van der Waals surface area contributed by atoms with Crippen LogP contribution in [0.1, 0.15) is 15.9 Å². The van der Waals surface area contributed by atoms with Gasteiger partial charge in [0.05, 0.1) is 0 Å². The minimum atomic E-state index is -1.16. The standard InChI is InChI=1S/C14H12O4/c15-13-7-6-10(8-12(13)14(16)17)9-18-11-4-2-1-3-5-11/h1-8,15H,9H2,(H,16,17). The van der Waals surface area contributed by atoms with Gasteiger partial charge in [-0.25, -0.2) is 4.79 Å². The molecule has 18 heavy (non-hydrogen) atoms. The molecule has 2 aromatic rings. The number of aromatic hydroxyl groups is 1. The van der Waals surface area contributed by atoms with Crippen LogP contribution >= 0.6 is 0 Å². The molecule has 0 saturated carbocycles. The van der Waals surface area contributed by atoms with Crippen LogP contribution < -0.4 is 4.74 Å². The van der Waals surface area contributed by atoms with E-state index in [1.807, 2.05) is 30.3 Å². The second kappa shape index (κ2) is 5.23. The molecule has 2 aromatic carbocycles. The van der Waals surface area contributed by atoms with Gasteiger partial charge in [-0.1, -0.05) is 24.3 Å². The molecule has 92 valence electrons. The van der Waals surface area contributed by atoms with Gasteiger partial charge in [0.15, 0.2) is 0 Å². The van der Waals surface area contributed by atoms with Gasteiger partial charge in [-0.15, -0.1) is 0 Å². The van der Waals surface area contributed by atoms with E-state index in [0.29, 0.717) is 11.3 Å². The summed E-state index contributed by atoms with van der Waals surface area (Å²) in [7, 11) is 0. The summed E-state index contributed by atoms with van der Waals surface area (Å²) in [6.45, 7) is 0.255. The van der Waals surface area contributed by atoms with E-state index in [2.05, 4.69) is 0 Å². The summed E-state index contributed by atoms with van der Waals surface area (Å²) >= 11 is 0. The first-order valence-electron chi connectivity index (χ1n) is 5.40. The molecule has 2 N–H and O–H groups in total. The van der Waals surface area contributed by atoms with Gasteiger partial charge in [0, 0.05) is 0 Å². The molecule has 0 bridgehead atoms. The topological polar surface area (TPSA) is 66.8 Å². The minimum absolute atomic E-state index is 0.121. The largest absolute Gasteiger partial charge is 0.507 e. The highest BCUT2D eigenvalue weighted by Gasteiger charge is 2.10. The van der Waals surface area contributed by atoms with E-state index in [1.54, 1.807) is 6.07 Å². The molecule has 4 nitrogen and oxygen atoms in total. The van der Waals surface area contributed by atoms with Gasteiger partial charge in [-0.05, 0) is 29.8 Å². The number of carboxylic acid groups (broad SMARTS) is 1. The van der Waals surface area contributed by atoms with Crippen LogP contribution in [0, 0.1) is 0 Å². The number of rotatable bonds is 4. The molecular formula is C14H12O4. The Morgan fingerprint density at radius 3 is 2.50 bits per heavy atom. The molecule has 0 heterocycles. The SMILES string of the molecule is O=C(O)c1cc(COc2ccccc2)ccc1O. The smallest absolute Gasteiger partial charge is 0.339 e. The highest BCUT2D eigenvalue weighted by atomic mass is 16.5. The summed E-state index contributed by atoms with van der Waals surface area (Å²) in [5.74, 6) is -0.692. The predicted octanol–water partition coefficient (Wildman–Crippen LogP) is 2.67. The molecular weight excluding hydrogens is 232 g/mol. The first-order chi connectivity index (χ1) is 8.66. The second-order valence-electron chi connectivity index (χ2n) is 3.76. The molecule has 0 aliphatic heterocycles. The lowest BCUT2D eigenvalue weighted by Crippen LogP contribution is -2.01. The number of carboxylic acids is 1. The molecule has 2 rings (SSSR count). The van der Waals surface area contributed by atoms with Gasteiger partial charge in [0.1, 0.15) is 23.7 Å². The first-order valence-corrected chi connectivity index (χ1v) is 5.40. The van der Waals surface area contributed by atoms with E-state index in [9.17, 15) is 9.90 Å². The molecule has 0 spiro atoms. The number of phenols is 1. The van der Waals surface area contributed by atoms with Crippen LogP contribution in [0.4, 0.5) is 0 Å². The van der Waals surface area contributed by atoms with Crippen molar-refractivity contribution >= 4 is 5.97 Å². The molecule has 0 aliphatic rings. The van der Waals surface area contributed by atoms with Crippen molar-refractivity contribution < 1.29 is 19.7 Å². The Hall–Kier alpha value is -2.49. The van der Waals surface area contributed by atoms with Crippen LogP contribution in [0.15, 0.2) is 48.5 Å². The second-order valence-corrected chi connectivity index (χ2v) is 3.76. The van der Waals surface area contributed by atoms with Crippen molar-refractivity contribution in [1.82, 2.24) is 0 Å². The number of ether oxygens (including phenoxy) is 1. The Morgan fingerprint density at radius 2 is 1.83 bits per heavy atom. The number of benzene rings is 2. The van der Waals surface area contributed by atoms with Crippen LogP contribution in [0.3, 0.4) is 0 Å². The van der Waals surface area contributed by atoms with E-state index in [0.717, 1.165) is 0 Å². The number of carbonyl (C=O) groups is 1. The van der Waals surface area contributed by atoms with E-state index in [4.69, 9.17) is 9.84 Å². The summed E-state index contributed by atoms with van der Waals surface area (Å²) in [5.41, 5.74) is 0.568. The van der Waals surface area contributed by atoms with E-state index in [-0.39, 0.29) is 17.9 Å². The summed E-state index contributed by atoms with van der Waals surface area (Å²) in [6, 6.07) is 13.6. The Labute approximate surface area is 104 Å². The van der Waals surface area contributed by atoms with Crippen LogP contribution in [0.2, 0.25) is 0 Å². The lowest BCUT2D eigenvalue weighted by molar-refractivity contribution is 0.0693. The van der Waals surface area contributed by atoms with Crippen molar-refractivity contribution in [1.29, 1.82) is 0 Å². The Morgan fingerprint density at radius 1 is 1.11 bits per heavy atom. The molecule has 0 fully saturated rings. The normalized spacial score (nSPS) is 10.0. The van der Waals surface area contributed by atoms with Gasteiger partial charge in [-0.2, -0.15) is 0 Å². The molecule has 0 aliphatic carbocycles. The van der Waals surface area contributed by atoms with E-state index in [1.165, 1.54) is 12.1 Å². The molecule has 0 radical (unpaired) electrons. The third kappa shape index (κ3) is 2.79. The Kier molecular flexibility index (Phi) is 3.48. The Bertz CT molecular complexity index is 549.